The van der Waals surface area contributed by atoms with Gasteiger partial charge in [-0.25, -0.2) is 13.4 Å². The molecule has 8 nitrogen and oxygen atoms in total. The van der Waals surface area contributed by atoms with Gasteiger partial charge in [-0.2, -0.15) is 4.31 Å². The Morgan fingerprint density at radius 2 is 1.94 bits per heavy atom. The fraction of sp³-hybridized carbons (Fsp3) is 0.429. The van der Waals surface area contributed by atoms with E-state index in [2.05, 4.69) is 10.3 Å². The number of hydrogen-bond donors (Lipinski definition) is 1. The van der Waals surface area contributed by atoms with Crippen molar-refractivity contribution in [2.45, 2.75) is 43.7 Å². The monoisotopic (exact) mass is 495 g/mol. The molecular weight excluding hydrogens is 470 g/mol. The summed E-state index contributed by atoms with van der Waals surface area (Å²) >= 11 is 7.77. The van der Waals surface area contributed by atoms with Crippen LogP contribution >= 0.6 is 22.9 Å². The molecule has 32 heavy (non-hydrogen) atoms. The van der Waals surface area contributed by atoms with Crippen molar-refractivity contribution < 1.29 is 13.2 Å². The number of sulfonamides is 1. The summed E-state index contributed by atoms with van der Waals surface area (Å²) in [5, 5.41) is 5.23. The lowest BCUT2D eigenvalue weighted by atomic mass is 10.2. The summed E-state index contributed by atoms with van der Waals surface area (Å²) in [6.07, 6.45) is 4.75. The van der Waals surface area contributed by atoms with Crippen molar-refractivity contribution in [2.75, 3.05) is 25.5 Å². The van der Waals surface area contributed by atoms with Gasteiger partial charge in [-0.3, -0.25) is 14.1 Å². The number of anilines is 1. The summed E-state index contributed by atoms with van der Waals surface area (Å²) in [5.74, 6) is -0.193. The SMILES string of the molecule is C[C@@H](C(=O)Nc1ccc(S(=O)(=O)N2CCCCC2)cc1)N(C)Cc1c(Cl)nc2sccn12. The first kappa shape index (κ1) is 23.2. The minimum atomic E-state index is -3.49. The molecule has 0 bridgehead atoms. The number of nitrogens with zero attached hydrogens (tertiary/aromatic N) is 4. The predicted octanol–water partition coefficient (Wildman–Crippen LogP) is 3.68. The van der Waals surface area contributed by atoms with Gasteiger partial charge in [0.25, 0.3) is 0 Å². The Bertz CT molecular complexity index is 1200. The van der Waals surface area contributed by atoms with Crippen LogP contribution in [0.1, 0.15) is 31.9 Å². The molecule has 0 saturated carbocycles. The van der Waals surface area contributed by atoms with Crippen LogP contribution < -0.4 is 5.32 Å². The summed E-state index contributed by atoms with van der Waals surface area (Å²) < 4.78 is 29.0. The summed E-state index contributed by atoms with van der Waals surface area (Å²) in [4.78, 5) is 20.1. The number of amides is 1. The van der Waals surface area contributed by atoms with E-state index in [0.29, 0.717) is 30.5 Å². The topological polar surface area (TPSA) is 87.0 Å². The average Bonchev–Trinajstić information content (AvgIpc) is 3.36. The Balaban J connectivity index is 1.39. The van der Waals surface area contributed by atoms with E-state index in [-0.39, 0.29) is 10.8 Å². The molecule has 3 heterocycles. The highest BCUT2D eigenvalue weighted by atomic mass is 35.5. The molecule has 11 heteroatoms. The van der Waals surface area contributed by atoms with Gasteiger partial charge >= 0.3 is 0 Å². The Morgan fingerprint density at radius 1 is 1.25 bits per heavy atom. The Labute approximate surface area is 196 Å². The van der Waals surface area contributed by atoms with Crippen LogP contribution in [0.3, 0.4) is 0 Å². The number of carbonyl (C=O) groups excluding carboxylic acids is 1. The van der Waals surface area contributed by atoms with E-state index in [1.54, 1.807) is 24.3 Å². The van der Waals surface area contributed by atoms with Gasteiger partial charge < -0.3 is 5.32 Å². The van der Waals surface area contributed by atoms with Crippen LogP contribution in [0, 0.1) is 0 Å². The number of hydrogen-bond acceptors (Lipinski definition) is 6. The van der Waals surface area contributed by atoms with Crippen molar-refractivity contribution in [1.29, 1.82) is 0 Å². The van der Waals surface area contributed by atoms with E-state index in [1.807, 2.05) is 34.8 Å². The van der Waals surface area contributed by atoms with Crippen LogP contribution in [0.25, 0.3) is 4.96 Å². The third kappa shape index (κ3) is 4.69. The van der Waals surface area contributed by atoms with Gasteiger partial charge in [-0.1, -0.05) is 18.0 Å². The van der Waals surface area contributed by atoms with Gasteiger partial charge in [0, 0.05) is 36.9 Å². The summed E-state index contributed by atoms with van der Waals surface area (Å²) in [5.41, 5.74) is 1.38. The molecule has 1 aliphatic heterocycles. The van der Waals surface area contributed by atoms with Gasteiger partial charge in [0.2, 0.25) is 15.9 Å². The largest absolute Gasteiger partial charge is 0.325 e. The van der Waals surface area contributed by atoms with E-state index in [9.17, 15) is 13.2 Å². The zero-order valence-electron chi connectivity index (χ0n) is 18.0. The third-order valence-electron chi connectivity index (χ3n) is 5.83. The first-order chi connectivity index (χ1) is 15.3. The molecule has 2 aromatic heterocycles. The molecule has 0 spiro atoms. The molecule has 172 valence electrons. The van der Waals surface area contributed by atoms with Gasteiger partial charge in [0.1, 0.15) is 0 Å². The maximum absolute atomic E-state index is 12.8. The standard InChI is InChI=1S/C21H26ClN5O3S2/c1-15(25(2)14-18-19(22)24-21-27(18)12-13-31-21)20(28)23-16-6-8-17(9-7-16)32(29,30)26-10-4-3-5-11-26/h6-9,12-13,15H,3-5,10-11,14H2,1-2H3,(H,23,28)/t15-/m0/s1. The molecule has 4 rings (SSSR count). The molecule has 1 fully saturated rings. The molecular formula is C21H26ClN5O3S2. The highest BCUT2D eigenvalue weighted by Crippen LogP contribution is 2.24. The summed E-state index contributed by atoms with van der Waals surface area (Å²) in [6, 6.07) is 5.92. The second-order valence-corrected chi connectivity index (χ2v) is 11.1. The van der Waals surface area contributed by atoms with Gasteiger partial charge in [0.05, 0.1) is 16.6 Å². The zero-order valence-corrected chi connectivity index (χ0v) is 20.4. The number of carbonyl (C=O) groups is 1. The lowest BCUT2D eigenvalue weighted by Crippen LogP contribution is -2.39. The fourth-order valence-electron chi connectivity index (χ4n) is 3.73. The number of benzene rings is 1. The number of thiazole rings is 1. The molecule has 0 unspecified atom stereocenters. The number of halogens is 1. The van der Waals surface area contributed by atoms with Crippen molar-refractivity contribution in [2.24, 2.45) is 0 Å². The fourth-order valence-corrected chi connectivity index (χ4v) is 6.26. The van der Waals surface area contributed by atoms with Crippen LogP contribution in [0.5, 0.6) is 0 Å². The molecule has 0 radical (unpaired) electrons. The lowest BCUT2D eigenvalue weighted by molar-refractivity contribution is -0.120. The summed E-state index contributed by atoms with van der Waals surface area (Å²) in [6.45, 7) is 3.38. The van der Waals surface area contributed by atoms with Gasteiger partial charge in [-0.05, 0) is 51.1 Å². The average molecular weight is 496 g/mol. The Morgan fingerprint density at radius 3 is 2.62 bits per heavy atom. The zero-order chi connectivity index (χ0) is 22.9. The van der Waals surface area contributed by atoms with Crippen molar-refractivity contribution in [3.63, 3.8) is 0 Å². The predicted molar refractivity (Wildman–Crippen MR) is 127 cm³/mol. The van der Waals surface area contributed by atoms with E-state index < -0.39 is 16.1 Å². The van der Waals surface area contributed by atoms with E-state index in [1.165, 1.54) is 15.6 Å². The number of piperidine rings is 1. The maximum atomic E-state index is 12.8. The van der Waals surface area contributed by atoms with Crippen molar-refractivity contribution >= 4 is 49.5 Å². The third-order valence-corrected chi connectivity index (χ3v) is 8.80. The highest BCUT2D eigenvalue weighted by Gasteiger charge is 2.26. The number of aromatic nitrogens is 2. The first-order valence-corrected chi connectivity index (χ1v) is 13.2. The van der Waals surface area contributed by atoms with Crippen molar-refractivity contribution in [3.8, 4) is 0 Å². The normalized spacial score (nSPS) is 16.5. The minimum Gasteiger partial charge on any atom is -0.325 e. The molecule has 1 aromatic carbocycles. The van der Waals surface area contributed by atoms with Crippen LogP contribution in [-0.2, 0) is 21.4 Å². The molecule has 1 amide bonds. The number of likely N-dealkylation sites (N-methyl/N-ethyl adjacent to an activating group) is 1. The van der Waals surface area contributed by atoms with Crippen LogP contribution in [-0.4, -0.2) is 59.1 Å². The summed E-state index contributed by atoms with van der Waals surface area (Å²) in [7, 11) is -1.64. The molecule has 1 aliphatic rings. The van der Waals surface area contributed by atoms with Crippen LogP contribution in [0.2, 0.25) is 5.15 Å². The molecule has 0 aliphatic carbocycles. The smallest absolute Gasteiger partial charge is 0.243 e. The van der Waals surface area contributed by atoms with Crippen molar-refractivity contribution in [1.82, 2.24) is 18.6 Å². The molecule has 1 atom stereocenters. The second-order valence-electron chi connectivity index (χ2n) is 7.97. The molecule has 1 saturated heterocycles. The first-order valence-electron chi connectivity index (χ1n) is 10.5. The quantitative estimate of drug-likeness (QED) is 0.540. The Hall–Kier alpha value is -1.98. The van der Waals surface area contributed by atoms with Crippen molar-refractivity contribution in [3.05, 3.63) is 46.7 Å². The number of fused-ring (bicyclic) bond motifs is 1. The number of imidazole rings is 1. The van der Waals surface area contributed by atoms with E-state index in [0.717, 1.165) is 29.9 Å². The van der Waals surface area contributed by atoms with Crippen LogP contribution in [0.4, 0.5) is 5.69 Å². The van der Waals surface area contributed by atoms with E-state index in [4.69, 9.17) is 11.6 Å². The van der Waals surface area contributed by atoms with Crippen LogP contribution in [0.15, 0.2) is 40.7 Å². The maximum Gasteiger partial charge on any atom is 0.243 e. The highest BCUT2D eigenvalue weighted by molar-refractivity contribution is 7.89. The van der Waals surface area contributed by atoms with E-state index >= 15 is 0 Å². The molecule has 1 N–H and O–H groups in total. The van der Waals surface area contributed by atoms with Gasteiger partial charge in [0.15, 0.2) is 10.1 Å². The molecule has 3 aromatic rings. The number of rotatable bonds is 7. The lowest BCUT2D eigenvalue weighted by Gasteiger charge is -2.26. The number of nitrogens with one attached hydrogen (secondary N) is 1. The van der Waals surface area contributed by atoms with Gasteiger partial charge in [-0.15, -0.1) is 11.3 Å². The Kier molecular flexibility index (Phi) is 6.87. The second kappa shape index (κ2) is 9.48. The minimum absolute atomic E-state index is 0.193.